The molecule has 1 aliphatic heterocycles. The Hall–Kier alpha value is -4.39. The molecule has 0 fully saturated rings. The van der Waals surface area contributed by atoms with Crippen molar-refractivity contribution in [2.45, 2.75) is 19.0 Å². The molecule has 3 aromatic carbocycles. The van der Waals surface area contributed by atoms with Gasteiger partial charge in [0.25, 0.3) is 5.91 Å². The van der Waals surface area contributed by atoms with Gasteiger partial charge in [-0.1, -0.05) is 66.7 Å². The number of benzene rings is 3. The number of nitrogens with zero attached hydrogens (tertiary/aromatic N) is 2. The zero-order chi connectivity index (χ0) is 25.4. The summed E-state index contributed by atoms with van der Waals surface area (Å²) in [6, 6.07) is 24.3. The van der Waals surface area contributed by atoms with E-state index >= 15 is 0 Å². The highest BCUT2D eigenvalue weighted by Gasteiger charge is 2.44. The minimum absolute atomic E-state index is 0.219. The van der Waals surface area contributed by atoms with Crippen molar-refractivity contribution in [3.8, 4) is 11.3 Å². The topological polar surface area (TPSA) is 80.6 Å². The molecule has 0 saturated heterocycles. The fourth-order valence-corrected chi connectivity index (χ4v) is 5.18. The molecule has 2 heterocycles. The van der Waals surface area contributed by atoms with Crippen LogP contribution in [0.25, 0.3) is 22.2 Å². The molecule has 0 spiro atoms. The van der Waals surface area contributed by atoms with E-state index < -0.39 is 24.0 Å². The summed E-state index contributed by atoms with van der Waals surface area (Å²) in [6.45, 7) is 1.43. The molecule has 0 aliphatic carbocycles. The highest BCUT2D eigenvalue weighted by atomic mass is 16.5. The summed E-state index contributed by atoms with van der Waals surface area (Å²) in [6.07, 6.45) is 0. The van der Waals surface area contributed by atoms with Crippen LogP contribution in [0.15, 0.2) is 78.9 Å². The number of hydrogen-bond acceptors (Lipinski definition) is 4. The molecule has 36 heavy (non-hydrogen) atoms. The number of fused-ring (bicyclic) bond motifs is 2. The van der Waals surface area contributed by atoms with Crippen LogP contribution in [0.4, 0.5) is 0 Å². The van der Waals surface area contributed by atoms with Gasteiger partial charge in [-0.15, -0.1) is 0 Å². The summed E-state index contributed by atoms with van der Waals surface area (Å²) in [5, 5.41) is 3.62. The largest absolute Gasteiger partial charge is 0.468 e. The fraction of sp³-hybridized carbons (Fsp3) is 0.207. The maximum Gasteiger partial charge on any atom is 0.325 e. The van der Waals surface area contributed by atoms with Gasteiger partial charge in [-0.05, 0) is 30.2 Å². The van der Waals surface area contributed by atoms with Crippen LogP contribution in [0.2, 0.25) is 0 Å². The van der Waals surface area contributed by atoms with Crippen LogP contribution in [-0.2, 0) is 21.4 Å². The quantitative estimate of drug-likeness (QED) is 0.421. The summed E-state index contributed by atoms with van der Waals surface area (Å²) in [5.41, 5.74) is 5.42. The number of rotatable bonds is 6. The number of nitrogens with one attached hydrogen (secondary N) is 1. The van der Waals surface area contributed by atoms with Gasteiger partial charge in [0, 0.05) is 29.1 Å². The van der Waals surface area contributed by atoms with Gasteiger partial charge in [-0.3, -0.25) is 14.4 Å². The smallest absolute Gasteiger partial charge is 0.325 e. The van der Waals surface area contributed by atoms with Crippen molar-refractivity contribution in [3.05, 3.63) is 95.6 Å². The van der Waals surface area contributed by atoms with E-state index in [1.165, 1.54) is 7.11 Å². The first-order valence-electron chi connectivity index (χ1n) is 11.8. The zero-order valence-corrected chi connectivity index (χ0v) is 20.4. The number of carbonyl (C=O) groups is 3. The van der Waals surface area contributed by atoms with E-state index in [-0.39, 0.29) is 12.5 Å². The molecule has 1 aromatic heterocycles. The summed E-state index contributed by atoms with van der Waals surface area (Å²) in [7, 11) is 3.29. The summed E-state index contributed by atoms with van der Waals surface area (Å²) < 4.78 is 6.79. The monoisotopic (exact) mass is 481 g/mol. The van der Waals surface area contributed by atoms with Crippen molar-refractivity contribution in [2.24, 2.45) is 7.05 Å². The Bertz CT molecular complexity index is 1470. The van der Waals surface area contributed by atoms with Crippen LogP contribution < -0.4 is 5.32 Å². The Kier molecular flexibility index (Phi) is 6.06. The Labute approximate surface area is 209 Å². The van der Waals surface area contributed by atoms with Crippen LogP contribution in [-0.4, -0.2) is 46.9 Å². The molecule has 0 bridgehead atoms. The molecule has 7 nitrogen and oxygen atoms in total. The van der Waals surface area contributed by atoms with Crippen LogP contribution in [0, 0.1) is 0 Å². The van der Waals surface area contributed by atoms with Crippen LogP contribution in [0.1, 0.15) is 34.5 Å². The van der Waals surface area contributed by atoms with Gasteiger partial charge in [0.15, 0.2) is 0 Å². The molecule has 2 amide bonds. The minimum atomic E-state index is -0.831. The number of aromatic nitrogens is 1. The first-order valence-corrected chi connectivity index (χ1v) is 11.8. The van der Waals surface area contributed by atoms with E-state index in [0.29, 0.717) is 5.56 Å². The Morgan fingerprint density at radius 1 is 0.972 bits per heavy atom. The molecular formula is C29H27N3O4. The summed E-state index contributed by atoms with van der Waals surface area (Å²) in [5.74, 6) is -1.19. The van der Waals surface area contributed by atoms with E-state index in [0.717, 1.165) is 33.3 Å². The van der Waals surface area contributed by atoms with E-state index in [4.69, 9.17) is 0 Å². The van der Waals surface area contributed by atoms with Gasteiger partial charge < -0.3 is 19.5 Å². The van der Waals surface area contributed by atoms with Crippen LogP contribution in [0.5, 0.6) is 0 Å². The number of para-hydroxylation sites is 1. The number of aryl methyl sites for hydroxylation is 1. The van der Waals surface area contributed by atoms with Crippen LogP contribution in [0.3, 0.4) is 0 Å². The predicted octanol–water partition coefficient (Wildman–Crippen LogP) is 4.07. The molecule has 2 atom stereocenters. The molecule has 7 heteroatoms. The second kappa shape index (κ2) is 9.34. The predicted molar refractivity (Wildman–Crippen MR) is 137 cm³/mol. The lowest BCUT2D eigenvalue weighted by Gasteiger charge is -2.31. The maximum absolute atomic E-state index is 13.8. The molecule has 0 radical (unpaired) electrons. The van der Waals surface area contributed by atoms with E-state index in [1.54, 1.807) is 17.9 Å². The third kappa shape index (κ3) is 3.73. The van der Waals surface area contributed by atoms with Gasteiger partial charge in [-0.2, -0.15) is 0 Å². The zero-order valence-electron chi connectivity index (χ0n) is 20.4. The highest BCUT2D eigenvalue weighted by Crippen LogP contribution is 2.47. The summed E-state index contributed by atoms with van der Waals surface area (Å²) >= 11 is 0. The molecule has 1 aliphatic rings. The van der Waals surface area contributed by atoms with Gasteiger partial charge in [-0.25, -0.2) is 0 Å². The molecule has 182 valence electrons. The number of carbonyl (C=O) groups excluding carboxylic acids is 3. The number of amides is 2. The van der Waals surface area contributed by atoms with Crippen molar-refractivity contribution >= 4 is 28.7 Å². The van der Waals surface area contributed by atoms with Crippen molar-refractivity contribution in [3.63, 3.8) is 0 Å². The molecule has 4 aromatic rings. The number of hydrogen-bond donors (Lipinski definition) is 1. The van der Waals surface area contributed by atoms with Crippen LogP contribution >= 0.6 is 0 Å². The van der Waals surface area contributed by atoms with E-state index in [9.17, 15) is 14.4 Å². The number of ether oxygens (including phenoxy) is 1. The normalized spacial score (nSPS) is 15.6. The minimum Gasteiger partial charge on any atom is -0.468 e. The Balaban J connectivity index is 1.71. The van der Waals surface area contributed by atoms with E-state index in [2.05, 4.69) is 38.9 Å². The highest BCUT2D eigenvalue weighted by molar-refractivity contribution is 6.04. The van der Waals surface area contributed by atoms with Crippen molar-refractivity contribution in [1.29, 1.82) is 0 Å². The average molecular weight is 482 g/mol. The third-order valence-corrected chi connectivity index (χ3v) is 6.90. The first-order chi connectivity index (χ1) is 17.4. The molecular weight excluding hydrogens is 454 g/mol. The summed E-state index contributed by atoms with van der Waals surface area (Å²) in [4.78, 5) is 40.1. The first kappa shape index (κ1) is 23.4. The standard InChI is InChI=1S/C29H27N3O4/c1-18(28(34)30-17-24(33)36-3)32-27(20-13-7-8-14-21(20)29(32)35)25-22-15-9-10-16-23(22)31(2)26(25)19-11-5-4-6-12-19/h4-16,18,27H,17H2,1-3H3,(H,30,34). The van der Waals surface area contributed by atoms with Gasteiger partial charge >= 0.3 is 5.97 Å². The van der Waals surface area contributed by atoms with Crippen molar-refractivity contribution in [2.75, 3.05) is 13.7 Å². The van der Waals surface area contributed by atoms with Gasteiger partial charge in [0.1, 0.15) is 12.6 Å². The Morgan fingerprint density at radius 2 is 1.64 bits per heavy atom. The maximum atomic E-state index is 13.8. The van der Waals surface area contributed by atoms with Crippen molar-refractivity contribution in [1.82, 2.24) is 14.8 Å². The molecule has 5 rings (SSSR count). The van der Waals surface area contributed by atoms with Gasteiger partial charge in [0.05, 0.1) is 18.8 Å². The number of esters is 1. The average Bonchev–Trinajstić information content (AvgIpc) is 3.37. The molecule has 2 unspecified atom stereocenters. The van der Waals surface area contributed by atoms with Crippen molar-refractivity contribution < 1.29 is 19.1 Å². The van der Waals surface area contributed by atoms with Gasteiger partial charge in [0.2, 0.25) is 5.91 Å². The second-order valence-corrected chi connectivity index (χ2v) is 8.88. The number of methoxy groups -OCH3 is 1. The molecule has 0 saturated carbocycles. The second-order valence-electron chi connectivity index (χ2n) is 8.88. The lowest BCUT2D eigenvalue weighted by Crippen LogP contribution is -2.48. The SMILES string of the molecule is COC(=O)CNC(=O)C(C)N1C(=O)c2ccccc2C1c1c(-c2ccccc2)n(C)c2ccccc12. The third-order valence-electron chi connectivity index (χ3n) is 6.90. The Morgan fingerprint density at radius 3 is 2.39 bits per heavy atom. The van der Waals surface area contributed by atoms with E-state index in [1.807, 2.05) is 55.6 Å². The lowest BCUT2D eigenvalue weighted by molar-refractivity contribution is -0.141. The molecule has 1 N–H and O–H groups in total. The fourth-order valence-electron chi connectivity index (χ4n) is 5.18. The lowest BCUT2D eigenvalue weighted by atomic mass is 9.92.